The van der Waals surface area contributed by atoms with Crippen LogP contribution >= 0.6 is 0 Å². The van der Waals surface area contributed by atoms with E-state index in [1.54, 1.807) is 36.4 Å². The Morgan fingerprint density at radius 2 is 1.46 bits per heavy atom. The number of amides is 2. The molecule has 0 aliphatic heterocycles. The van der Waals surface area contributed by atoms with E-state index in [4.69, 9.17) is 9.47 Å². The molecule has 0 aromatic heterocycles. The molecule has 6 heteroatoms. The van der Waals surface area contributed by atoms with E-state index < -0.39 is 6.04 Å². The lowest BCUT2D eigenvalue weighted by molar-refractivity contribution is -0.118. The van der Waals surface area contributed by atoms with Gasteiger partial charge in [-0.15, -0.1) is 0 Å². The third kappa shape index (κ3) is 5.49. The van der Waals surface area contributed by atoms with Gasteiger partial charge in [0.25, 0.3) is 5.91 Å². The van der Waals surface area contributed by atoms with E-state index in [-0.39, 0.29) is 17.7 Å². The van der Waals surface area contributed by atoms with Gasteiger partial charge in [0, 0.05) is 0 Å². The highest BCUT2D eigenvalue weighted by atomic mass is 16.5. The fraction of sp³-hybridized carbons (Fsp3) is 0.364. The molecule has 0 aliphatic rings. The summed E-state index contributed by atoms with van der Waals surface area (Å²) >= 11 is 0. The zero-order valence-corrected chi connectivity index (χ0v) is 16.8. The van der Waals surface area contributed by atoms with Crippen LogP contribution in [0.2, 0.25) is 0 Å². The fourth-order valence-corrected chi connectivity index (χ4v) is 2.75. The SMILES string of the molecule is CCOc1ccccc1NC(=O)C(NC(=O)c1ccccc1OCC)C(C)C. The van der Waals surface area contributed by atoms with E-state index >= 15 is 0 Å². The predicted molar refractivity (Wildman–Crippen MR) is 110 cm³/mol. The van der Waals surface area contributed by atoms with Crippen LogP contribution in [0, 0.1) is 5.92 Å². The van der Waals surface area contributed by atoms with Crippen LogP contribution < -0.4 is 20.1 Å². The molecule has 6 nitrogen and oxygen atoms in total. The molecule has 2 aromatic rings. The lowest BCUT2D eigenvalue weighted by atomic mass is 10.0. The smallest absolute Gasteiger partial charge is 0.255 e. The minimum atomic E-state index is -0.711. The van der Waals surface area contributed by atoms with Crippen molar-refractivity contribution in [1.82, 2.24) is 5.32 Å². The normalized spacial score (nSPS) is 11.6. The molecule has 0 radical (unpaired) electrons. The number of nitrogens with one attached hydrogen (secondary N) is 2. The minimum Gasteiger partial charge on any atom is -0.493 e. The number of benzene rings is 2. The maximum atomic E-state index is 12.9. The molecule has 0 saturated heterocycles. The maximum Gasteiger partial charge on any atom is 0.255 e. The van der Waals surface area contributed by atoms with Gasteiger partial charge in [0.1, 0.15) is 17.5 Å². The first-order valence-corrected chi connectivity index (χ1v) is 9.53. The van der Waals surface area contributed by atoms with Gasteiger partial charge in [-0.2, -0.15) is 0 Å². The van der Waals surface area contributed by atoms with Gasteiger partial charge in [0.2, 0.25) is 5.91 Å². The summed E-state index contributed by atoms with van der Waals surface area (Å²) in [4.78, 5) is 25.7. The van der Waals surface area contributed by atoms with Crippen molar-refractivity contribution in [2.24, 2.45) is 5.92 Å². The number of anilines is 1. The highest BCUT2D eigenvalue weighted by Crippen LogP contribution is 2.24. The Labute approximate surface area is 166 Å². The number of carbonyl (C=O) groups is 2. The van der Waals surface area contributed by atoms with Gasteiger partial charge in [0.15, 0.2) is 0 Å². The zero-order valence-electron chi connectivity index (χ0n) is 16.8. The van der Waals surface area contributed by atoms with Crippen LogP contribution in [0.25, 0.3) is 0 Å². The van der Waals surface area contributed by atoms with Gasteiger partial charge in [-0.05, 0) is 44.0 Å². The van der Waals surface area contributed by atoms with E-state index in [0.29, 0.717) is 36.0 Å². The topological polar surface area (TPSA) is 76.7 Å². The van der Waals surface area contributed by atoms with Gasteiger partial charge in [-0.3, -0.25) is 9.59 Å². The summed E-state index contributed by atoms with van der Waals surface area (Å²) in [6, 6.07) is 13.5. The minimum absolute atomic E-state index is 0.109. The lowest BCUT2D eigenvalue weighted by Gasteiger charge is -2.23. The number of rotatable bonds is 9. The molecule has 0 aliphatic carbocycles. The molecule has 2 amide bonds. The number of hydrogen-bond donors (Lipinski definition) is 2. The number of ether oxygens (including phenoxy) is 2. The van der Waals surface area contributed by atoms with Crippen LogP contribution in [0.4, 0.5) is 5.69 Å². The van der Waals surface area contributed by atoms with Crippen molar-refractivity contribution in [1.29, 1.82) is 0 Å². The van der Waals surface area contributed by atoms with E-state index in [1.807, 2.05) is 39.8 Å². The van der Waals surface area contributed by atoms with Crippen molar-refractivity contribution in [2.45, 2.75) is 33.7 Å². The number of hydrogen-bond acceptors (Lipinski definition) is 4. The van der Waals surface area contributed by atoms with Gasteiger partial charge >= 0.3 is 0 Å². The summed E-state index contributed by atoms with van der Waals surface area (Å²) in [6.45, 7) is 8.44. The van der Waals surface area contributed by atoms with E-state index in [9.17, 15) is 9.59 Å². The molecule has 0 fully saturated rings. The molecular formula is C22H28N2O4. The first-order chi connectivity index (χ1) is 13.5. The molecule has 150 valence electrons. The summed E-state index contributed by atoms with van der Waals surface area (Å²) < 4.78 is 11.1. The monoisotopic (exact) mass is 384 g/mol. The first kappa shape index (κ1) is 21.3. The molecule has 1 unspecified atom stereocenters. The van der Waals surface area contributed by atoms with Crippen molar-refractivity contribution in [2.75, 3.05) is 18.5 Å². The summed E-state index contributed by atoms with van der Waals surface area (Å²) in [5, 5.41) is 5.69. The highest BCUT2D eigenvalue weighted by Gasteiger charge is 2.26. The molecule has 0 saturated carbocycles. The molecule has 2 N–H and O–H groups in total. The van der Waals surface area contributed by atoms with Crippen molar-refractivity contribution >= 4 is 17.5 Å². The van der Waals surface area contributed by atoms with E-state index in [2.05, 4.69) is 10.6 Å². The first-order valence-electron chi connectivity index (χ1n) is 9.53. The van der Waals surface area contributed by atoms with Crippen molar-refractivity contribution in [3.05, 3.63) is 54.1 Å². The Bertz CT molecular complexity index is 805. The van der Waals surface area contributed by atoms with Crippen LogP contribution in [0.15, 0.2) is 48.5 Å². The Kier molecular flexibility index (Phi) is 7.87. The molecule has 0 spiro atoms. The number of carbonyl (C=O) groups excluding carboxylic acids is 2. The van der Waals surface area contributed by atoms with E-state index in [1.165, 1.54) is 0 Å². The van der Waals surface area contributed by atoms with Crippen LogP contribution in [0.5, 0.6) is 11.5 Å². The largest absolute Gasteiger partial charge is 0.493 e. The third-order valence-electron chi connectivity index (χ3n) is 4.11. The zero-order chi connectivity index (χ0) is 20.5. The molecule has 2 aromatic carbocycles. The molecule has 28 heavy (non-hydrogen) atoms. The fourth-order valence-electron chi connectivity index (χ4n) is 2.75. The van der Waals surface area contributed by atoms with Gasteiger partial charge in [0.05, 0.1) is 24.5 Å². The quantitative estimate of drug-likeness (QED) is 0.688. The second-order valence-electron chi connectivity index (χ2n) is 6.54. The Morgan fingerprint density at radius 1 is 0.893 bits per heavy atom. The molecule has 0 bridgehead atoms. The van der Waals surface area contributed by atoms with Crippen LogP contribution in [0.3, 0.4) is 0 Å². The maximum absolute atomic E-state index is 12.9. The van der Waals surface area contributed by atoms with Crippen LogP contribution in [-0.2, 0) is 4.79 Å². The molecule has 2 rings (SSSR count). The highest BCUT2D eigenvalue weighted by molar-refractivity contribution is 6.03. The van der Waals surface area contributed by atoms with E-state index in [0.717, 1.165) is 0 Å². The van der Waals surface area contributed by atoms with Gasteiger partial charge in [-0.1, -0.05) is 38.1 Å². The summed E-state index contributed by atoms with van der Waals surface area (Å²) in [6.07, 6.45) is 0. The molecular weight excluding hydrogens is 356 g/mol. The Balaban J connectivity index is 2.17. The average molecular weight is 384 g/mol. The second-order valence-corrected chi connectivity index (χ2v) is 6.54. The van der Waals surface area contributed by atoms with Crippen LogP contribution in [-0.4, -0.2) is 31.1 Å². The summed E-state index contributed by atoms with van der Waals surface area (Å²) in [5.74, 6) is 0.323. The number of para-hydroxylation sites is 3. The second kappa shape index (κ2) is 10.3. The predicted octanol–water partition coefficient (Wildman–Crippen LogP) is 3.88. The standard InChI is InChI=1S/C22H28N2O4/c1-5-27-18-13-9-7-11-16(18)21(25)24-20(15(3)4)22(26)23-17-12-8-10-14-19(17)28-6-2/h7-15,20H,5-6H2,1-4H3,(H,23,26)(H,24,25). The van der Waals surface area contributed by atoms with Crippen molar-refractivity contribution < 1.29 is 19.1 Å². The molecule has 0 heterocycles. The summed E-state index contributed by atoms with van der Waals surface area (Å²) in [7, 11) is 0. The Hall–Kier alpha value is -3.02. The van der Waals surface area contributed by atoms with Crippen molar-refractivity contribution in [3.8, 4) is 11.5 Å². The average Bonchev–Trinajstić information content (AvgIpc) is 2.68. The molecule has 1 atom stereocenters. The van der Waals surface area contributed by atoms with Gasteiger partial charge in [-0.25, -0.2) is 0 Å². The van der Waals surface area contributed by atoms with Crippen LogP contribution in [0.1, 0.15) is 38.1 Å². The van der Waals surface area contributed by atoms with Crippen molar-refractivity contribution in [3.63, 3.8) is 0 Å². The summed E-state index contributed by atoms with van der Waals surface area (Å²) in [5.41, 5.74) is 0.974. The lowest BCUT2D eigenvalue weighted by Crippen LogP contribution is -2.47. The third-order valence-corrected chi connectivity index (χ3v) is 4.11. The Morgan fingerprint density at radius 3 is 2.11 bits per heavy atom. The van der Waals surface area contributed by atoms with Gasteiger partial charge < -0.3 is 20.1 Å².